The van der Waals surface area contributed by atoms with Gasteiger partial charge in [0.05, 0.1) is 22.1 Å². The SMILES string of the molecule is Cc1[nH]nc(CN2CCCC3(CCc4cnc(N)nc43)C2)c1Cl. The maximum Gasteiger partial charge on any atom is 0.220 e. The normalized spacial score (nSPS) is 24.3. The highest BCUT2D eigenvalue weighted by Gasteiger charge is 2.43. The van der Waals surface area contributed by atoms with Crippen LogP contribution < -0.4 is 5.73 Å². The second-order valence-electron chi connectivity index (χ2n) is 6.81. The first kappa shape index (κ1) is 14.9. The second-order valence-corrected chi connectivity index (χ2v) is 7.18. The third-order valence-corrected chi connectivity index (χ3v) is 5.73. The summed E-state index contributed by atoms with van der Waals surface area (Å²) in [4.78, 5) is 11.2. The summed E-state index contributed by atoms with van der Waals surface area (Å²) in [5, 5.41) is 8.06. The standard InChI is InChI=1S/C16H21ClN6/c1-10-13(17)12(22-21-10)8-23-6-2-4-16(9-23)5-3-11-7-19-15(18)20-14(11)16/h7H,2-6,8-9H2,1H3,(H,21,22)(H2,18,19,20). The predicted octanol–water partition coefficient (Wildman–Crippen LogP) is 2.22. The molecule has 1 spiro atoms. The highest BCUT2D eigenvalue weighted by atomic mass is 35.5. The summed E-state index contributed by atoms with van der Waals surface area (Å²) in [6.07, 6.45) is 6.40. The molecule has 0 radical (unpaired) electrons. The third-order valence-electron chi connectivity index (χ3n) is 5.23. The fourth-order valence-electron chi connectivity index (χ4n) is 4.10. The number of H-pyrrole nitrogens is 1. The number of nitrogen functional groups attached to an aromatic ring is 1. The van der Waals surface area contributed by atoms with Gasteiger partial charge < -0.3 is 5.73 Å². The van der Waals surface area contributed by atoms with Gasteiger partial charge in [-0.1, -0.05) is 11.6 Å². The van der Waals surface area contributed by atoms with Crippen LogP contribution >= 0.6 is 11.6 Å². The Labute approximate surface area is 140 Å². The van der Waals surface area contributed by atoms with Crippen molar-refractivity contribution >= 4 is 17.5 Å². The van der Waals surface area contributed by atoms with Crippen molar-refractivity contribution in [2.45, 2.75) is 44.6 Å². The average molecular weight is 333 g/mol. The van der Waals surface area contributed by atoms with Gasteiger partial charge in [-0.25, -0.2) is 9.97 Å². The molecule has 0 bridgehead atoms. The first-order valence-electron chi connectivity index (χ1n) is 8.11. The van der Waals surface area contributed by atoms with Gasteiger partial charge in [0.1, 0.15) is 0 Å². The number of anilines is 1. The number of nitrogens with zero attached hydrogens (tertiary/aromatic N) is 4. The molecule has 3 N–H and O–H groups in total. The molecular weight excluding hydrogens is 312 g/mol. The minimum absolute atomic E-state index is 0.114. The van der Waals surface area contributed by atoms with Gasteiger partial charge in [-0.3, -0.25) is 10.00 Å². The molecule has 1 atom stereocenters. The molecule has 1 aliphatic heterocycles. The van der Waals surface area contributed by atoms with Gasteiger partial charge in [0.15, 0.2) is 0 Å². The molecule has 0 aromatic carbocycles. The van der Waals surface area contributed by atoms with Gasteiger partial charge in [0.25, 0.3) is 0 Å². The minimum atomic E-state index is 0.114. The number of fused-ring (bicyclic) bond motifs is 2. The molecular formula is C16H21ClN6. The van der Waals surface area contributed by atoms with Crippen molar-refractivity contribution in [1.29, 1.82) is 0 Å². The van der Waals surface area contributed by atoms with Crippen molar-refractivity contribution in [2.24, 2.45) is 0 Å². The third kappa shape index (κ3) is 2.50. The molecule has 2 aliphatic rings. The Morgan fingerprint density at radius 2 is 2.30 bits per heavy atom. The number of nitrogens with two attached hydrogens (primary N) is 1. The molecule has 6 nitrogen and oxygen atoms in total. The van der Waals surface area contributed by atoms with E-state index in [-0.39, 0.29) is 5.41 Å². The smallest absolute Gasteiger partial charge is 0.220 e. The Balaban J connectivity index is 1.59. The summed E-state index contributed by atoms with van der Waals surface area (Å²) in [6, 6.07) is 0. The zero-order valence-electron chi connectivity index (χ0n) is 13.3. The van der Waals surface area contributed by atoms with Crippen molar-refractivity contribution in [3.8, 4) is 0 Å². The highest BCUT2D eigenvalue weighted by molar-refractivity contribution is 6.31. The van der Waals surface area contributed by atoms with E-state index >= 15 is 0 Å². The van der Waals surface area contributed by atoms with Gasteiger partial charge in [-0.2, -0.15) is 5.10 Å². The van der Waals surface area contributed by atoms with Crippen LogP contribution in [0.2, 0.25) is 5.02 Å². The highest BCUT2D eigenvalue weighted by Crippen LogP contribution is 2.44. The quantitative estimate of drug-likeness (QED) is 0.881. The molecule has 0 saturated carbocycles. The number of piperidine rings is 1. The maximum absolute atomic E-state index is 6.32. The molecule has 7 heteroatoms. The average Bonchev–Trinajstić information content (AvgIpc) is 3.03. The van der Waals surface area contributed by atoms with Gasteiger partial charge in [0, 0.05) is 24.7 Å². The number of hydrogen-bond acceptors (Lipinski definition) is 5. The zero-order chi connectivity index (χ0) is 16.0. The molecule has 1 saturated heterocycles. The van der Waals surface area contributed by atoms with Gasteiger partial charge >= 0.3 is 0 Å². The van der Waals surface area contributed by atoms with Crippen LogP contribution in [0.5, 0.6) is 0 Å². The van der Waals surface area contributed by atoms with Crippen LogP contribution in [0.25, 0.3) is 0 Å². The predicted molar refractivity (Wildman–Crippen MR) is 89.3 cm³/mol. The zero-order valence-corrected chi connectivity index (χ0v) is 14.0. The number of aryl methyl sites for hydroxylation is 2. The second kappa shape index (κ2) is 5.46. The van der Waals surface area contributed by atoms with E-state index in [1.807, 2.05) is 13.1 Å². The topological polar surface area (TPSA) is 83.7 Å². The van der Waals surface area contributed by atoms with Crippen LogP contribution in [0.1, 0.15) is 41.9 Å². The first-order chi connectivity index (χ1) is 11.1. The lowest BCUT2D eigenvalue weighted by Gasteiger charge is -2.40. The van der Waals surface area contributed by atoms with Crippen LogP contribution in [-0.4, -0.2) is 38.2 Å². The summed E-state index contributed by atoms with van der Waals surface area (Å²) in [5.74, 6) is 0.383. The summed E-state index contributed by atoms with van der Waals surface area (Å²) in [7, 11) is 0. The fraction of sp³-hybridized carbons (Fsp3) is 0.562. The lowest BCUT2D eigenvalue weighted by Crippen LogP contribution is -2.45. The number of aromatic amines is 1. The van der Waals surface area contributed by atoms with E-state index in [2.05, 4.69) is 25.1 Å². The van der Waals surface area contributed by atoms with Crippen molar-refractivity contribution in [3.05, 3.63) is 33.9 Å². The molecule has 3 heterocycles. The molecule has 0 amide bonds. The Morgan fingerprint density at radius 1 is 1.43 bits per heavy atom. The number of likely N-dealkylation sites (tertiary alicyclic amines) is 1. The lowest BCUT2D eigenvalue weighted by atomic mass is 9.77. The lowest BCUT2D eigenvalue weighted by molar-refractivity contribution is 0.135. The van der Waals surface area contributed by atoms with E-state index in [0.717, 1.165) is 55.3 Å². The minimum Gasteiger partial charge on any atom is -0.368 e. The monoisotopic (exact) mass is 332 g/mol. The summed E-state index contributed by atoms with van der Waals surface area (Å²) < 4.78 is 0. The number of halogens is 1. The van der Waals surface area contributed by atoms with Gasteiger partial charge in [-0.05, 0) is 44.7 Å². The Bertz CT molecular complexity index is 738. The Hall–Kier alpha value is -1.66. The number of hydrogen-bond donors (Lipinski definition) is 2. The number of aromatic nitrogens is 4. The van der Waals surface area contributed by atoms with Gasteiger partial charge in [0.2, 0.25) is 5.95 Å². The van der Waals surface area contributed by atoms with E-state index in [1.54, 1.807) is 0 Å². The van der Waals surface area contributed by atoms with Crippen LogP contribution in [0.3, 0.4) is 0 Å². The van der Waals surface area contributed by atoms with Crippen LogP contribution in [0.4, 0.5) is 5.95 Å². The van der Waals surface area contributed by atoms with Crippen molar-refractivity contribution in [2.75, 3.05) is 18.8 Å². The van der Waals surface area contributed by atoms with E-state index in [0.29, 0.717) is 5.95 Å². The molecule has 1 unspecified atom stereocenters. The maximum atomic E-state index is 6.32. The van der Waals surface area contributed by atoms with Crippen molar-refractivity contribution in [3.63, 3.8) is 0 Å². The summed E-state index contributed by atoms with van der Waals surface area (Å²) in [6.45, 7) is 4.78. The Morgan fingerprint density at radius 3 is 3.09 bits per heavy atom. The molecule has 23 heavy (non-hydrogen) atoms. The number of rotatable bonds is 2. The van der Waals surface area contributed by atoms with E-state index in [1.165, 1.54) is 17.7 Å². The summed E-state index contributed by atoms with van der Waals surface area (Å²) in [5.41, 5.74) is 10.2. The molecule has 1 fully saturated rings. The van der Waals surface area contributed by atoms with E-state index in [4.69, 9.17) is 17.3 Å². The van der Waals surface area contributed by atoms with Crippen molar-refractivity contribution in [1.82, 2.24) is 25.1 Å². The van der Waals surface area contributed by atoms with Crippen LogP contribution in [0, 0.1) is 6.92 Å². The van der Waals surface area contributed by atoms with Gasteiger partial charge in [-0.15, -0.1) is 0 Å². The van der Waals surface area contributed by atoms with E-state index < -0.39 is 0 Å². The molecule has 2 aromatic heterocycles. The summed E-state index contributed by atoms with van der Waals surface area (Å²) >= 11 is 6.32. The Kier molecular flexibility index (Phi) is 3.54. The number of nitrogens with one attached hydrogen (secondary N) is 1. The first-order valence-corrected chi connectivity index (χ1v) is 8.49. The van der Waals surface area contributed by atoms with E-state index in [9.17, 15) is 0 Å². The van der Waals surface area contributed by atoms with Crippen molar-refractivity contribution < 1.29 is 0 Å². The largest absolute Gasteiger partial charge is 0.368 e. The fourth-order valence-corrected chi connectivity index (χ4v) is 4.24. The van der Waals surface area contributed by atoms with Crippen LogP contribution in [0.15, 0.2) is 6.20 Å². The molecule has 4 rings (SSSR count). The molecule has 122 valence electrons. The molecule has 1 aliphatic carbocycles. The molecule has 2 aromatic rings. The van der Waals surface area contributed by atoms with Crippen LogP contribution in [-0.2, 0) is 18.4 Å².